The number of carboxylic acids is 1. The van der Waals surface area contributed by atoms with E-state index in [0.29, 0.717) is 18.9 Å². The molecule has 0 aromatic heterocycles. The van der Waals surface area contributed by atoms with Gasteiger partial charge >= 0.3 is 12.0 Å². The molecule has 5 nitrogen and oxygen atoms in total. The molecule has 19 heavy (non-hydrogen) atoms. The Morgan fingerprint density at radius 2 is 1.89 bits per heavy atom. The van der Waals surface area contributed by atoms with Crippen LogP contribution in [-0.2, 0) is 4.79 Å². The number of rotatable bonds is 8. The second-order valence-electron chi connectivity index (χ2n) is 6.24. The van der Waals surface area contributed by atoms with Gasteiger partial charge in [0.1, 0.15) is 0 Å². The van der Waals surface area contributed by atoms with E-state index in [4.69, 9.17) is 5.11 Å². The van der Waals surface area contributed by atoms with Gasteiger partial charge in [0.25, 0.3) is 0 Å². The lowest BCUT2D eigenvalue weighted by Gasteiger charge is -2.26. The molecule has 2 amide bonds. The molecule has 0 bridgehead atoms. The number of aliphatic carboxylic acids is 1. The Bertz CT molecular complexity index is 312. The molecule has 0 atom stereocenters. The van der Waals surface area contributed by atoms with Gasteiger partial charge in [0.05, 0.1) is 0 Å². The number of nitrogens with one attached hydrogen (secondary N) is 2. The summed E-state index contributed by atoms with van der Waals surface area (Å²) < 4.78 is 0. The number of carbonyl (C=O) groups is 2. The molecule has 1 saturated carbocycles. The lowest BCUT2D eigenvalue weighted by atomic mass is 9.84. The van der Waals surface area contributed by atoms with Crippen LogP contribution in [0.3, 0.4) is 0 Å². The highest BCUT2D eigenvalue weighted by molar-refractivity contribution is 5.73. The molecule has 0 aromatic carbocycles. The van der Waals surface area contributed by atoms with Crippen LogP contribution in [0.15, 0.2) is 0 Å². The summed E-state index contributed by atoms with van der Waals surface area (Å²) >= 11 is 0. The molecular weight excluding hydrogens is 244 g/mol. The third-order valence-corrected chi connectivity index (χ3v) is 3.88. The maximum Gasteiger partial charge on any atom is 0.314 e. The number of hydrogen-bond acceptors (Lipinski definition) is 2. The Balaban J connectivity index is 2.06. The highest BCUT2D eigenvalue weighted by atomic mass is 16.4. The molecule has 110 valence electrons. The Hall–Kier alpha value is -1.26. The SMILES string of the molecule is CC(C)(CCNC(=O)NCC1CCC1)CCC(=O)O. The molecule has 0 heterocycles. The van der Waals surface area contributed by atoms with Crippen molar-refractivity contribution < 1.29 is 14.7 Å². The first-order valence-electron chi connectivity index (χ1n) is 7.12. The van der Waals surface area contributed by atoms with Crippen molar-refractivity contribution in [3.05, 3.63) is 0 Å². The molecule has 5 heteroatoms. The summed E-state index contributed by atoms with van der Waals surface area (Å²) in [7, 11) is 0. The third-order valence-electron chi connectivity index (χ3n) is 3.88. The van der Waals surface area contributed by atoms with Gasteiger partial charge in [0.15, 0.2) is 0 Å². The van der Waals surface area contributed by atoms with E-state index in [9.17, 15) is 9.59 Å². The van der Waals surface area contributed by atoms with Crippen molar-refractivity contribution in [2.24, 2.45) is 11.3 Å². The maximum atomic E-state index is 11.5. The van der Waals surface area contributed by atoms with Gasteiger partial charge in [-0.05, 0) is 37.0 Å². The lowest BCUT2D eigenvalue weighted by molar-refractivity contribution is -0.137. The minimum atomic E-state index is -0.765. The average molecular weight is 270 g/mol. The van der Waals surface area contributed by atoms with Crippen LogP contribution in [0.25, 0.3) is 0 Å². The monoisotopic (exact) mass is 270 g/mol. The highest BCUT2D eigenvalue weighted by Gasteiger charge is 2.20. The van der Waals surface area contributed by atoms with E-state index in [-0.39, 0.29) is 17.9 Å². The first-order chi connectivity index (χ1) is 8.89. The van der Waals surface area contributed by atoms with E-state index in [1.807, 2.05) is 13.8 Å². The summed E-state index contributed by atoms with van der Waals surface area (Å²) in [6.07, 6.45) is 5.34. The predicted molar refractivity (Wildman–Crippen MR) is 74.0 cm³/mol. The van der Waals surface area contributed by atoms with Gasteiger partial charge in [-0.15, -0.1) is 0 Å². The fraction of sp³-hybridized carbons (Fsp3) is 0.857. The van der Waals surface area contributed by atoms with E-state index in [1.165, 1.54) is 19.3 Å². The molecule has 0 aromatic rings. The van der Waals surface area contributed by atoms with E-state index in [1.54, 1.807) is 0 Å². The van der Waals surface area contributed by atoms with Crippen molar-refractivity contribution >= 4 is 12.0 Å². The normalized spacial score (nSPS) is 15.7. The predicted octanol–water partition coefficient (Wildman–Crippen LogP) is 2.37. The van der Waals surface area contributed by atoms with Gasteiger partial charge in [-0.1, -0.05) is 20.3 Å². The van der Waals surface area contributed by atoms with Crippen molar-refractivity contribution in [1.82, 2.24) is 10.6 Å². The molecule has 1 fully saturated rings. The second kappa shape index (κ2) is 7.36. The van der Waals surface area contributed by atoms with E-state index < -0.39 is 5.97 Å². The zero-order valence-electron chi connectivity index (χ0n) is 12.0. The van der Waals surface area contributed by atoms with Gasteiger partial charge in [0.2, 0.25) is 0 Å². The molecule has 0 radical (unpaired) electrons. The van der Waals surface area contributed by atoms with Crippen LogP contribution in [0, 0.1) is 11.3 Å². The molecule has 0 unspecified atom stereocenters. The zero-order chi connectivity index (χ0) is 14.3. The number of amides is 2. The molecular formula is C14H26N2O3. The van der Waals surface area contributed by atoms with Gasteiger partial charge in [0, 0.05) is 19.5 Å². The lowest BCUT2D eigenvalue weighted by Crippen LogP contribution is -2.40. The van der Waals surface area contributed by atoms with Crippen molar-refractivity contribution in [3.63, 3.8) is 0 Å². The molecule has 0 saturated heterocycles. The van der Waals surface area contributed by atoms with Crippen LogP contribution in [0.4, 0.5) is 4.79 Å². The molecule has 3 N–H and O–H groups in total. The van der Waals surface area contributed by atoms with Crippen LogP contribution in [0.2, 0.25) is 0 Å². The summed E-state index contributed by atoms with van der Waals surface area (Å²) in [6, 6.07) is -0.110. The smallest absolute Gasteiger partial charge is 0.314 e. The van der Waals surface area contributed by atoms with Gasteiger partial charge in [-0.3, -0.25) is 4.79 Å². The first-order valence-corrected chi connectivity index (χ1v) is 7.12. The number of hydrogen-bond donors (Lipinski definition) is 3. The number of carbonyl (C=O) groups excluding carboxylic acids is 1. The third kappa shape index (κ3) is 7.03. The summed E-state index contributed by atoms with van der Waals surface area (Å²) in [4.78, 5) is 22.1. The minimum Gasteiger partial charge on any atom is -0.481 e. The highest BCUT2D eigenvalue weighted by Crippen LogP contribution is 2.26. The van der Waals surface area contributed by atoms with Crippen LogP contribution in [0.1, 0.15) is 52.4 Å². The van der Waals surface area contributed by atoms with E-state index >= 15 is 0 Å². The van der Waals surface area contributed by atoms with Crippen LogP contribution in [0.5, 0.6) is 0 Å². The fourth-order valence-corrected chi connectivity index (χ4v) is 2.08. The van der Waals surface area contributed by atoms with Gasteiger partial charge < -0.3 is 15.7 Å². The first kappa shape index (κ1) is 15.8. The quantitative estimate of drug-likeness (QED) is 0.633. The molecule has 1 aliphatic carbocycles. The van der Waals surface area contributed by atoms with Crippen molar-refractivity contribution in [1.29, 1.82) is 0 Å². The summed E-state index contributed by atoms with van der Waals surface area (Å²) in [5, 5.41) is 14.4. The Kier molecular flexibility index (Phi) is 6.12. The molecule has 0 spiro atoms. The van der Waals surface area contributed by atoms with E-state index in [0.717, 1.165) is 13.0 Å². The number of carboxylic acid groups (broad SMARTS) is 1. The van der Waals surface area contributed by atoms with Crippen molar-refractivity contribution in [2.75, 3.05) is 13.1 Å². The van der Waals surface area contributed by atoms with Crippen molar-refractivity contribution in [2.45, 2.75) is 52.4 Å². The maximum absolute atomic E-state index is 11.5. The van der Waals surface area contributed by atoms with Gasteiger partial charge in [-0.25, -0.2) is 4.79 Å². The Labute approximate surface area is 115 Å². The molecule has 1 rings (SSSR count). The zero-order valence-corrected chi connectivity index (χ0v) is 12.0. The van der Waals surface area contributed by atoms with E-state index in [2.05, 4.69) is 10.6 Å². The Morgan fingerprint density at radius 1 is 1.21 bits per heavy atom. The summed E-state index contributed by atoms with van der Waals surface area (Å²) in [5.74, 6) is -0.1000. The van der Waals surface area contributed by atoms with Crippen molar-refractivity contribution in [3.8, 4) is 0 Å². The summed E-state index contributed by atoms with van der Waals surface area (Å²) in [5.41, 5.74) is -0.0559. The van der Waals surface area contributed by atoms with Crippen LogP contribution < -0.4 is 10.6 Å². The number of urea groups is 1. The molecule has 1 aliphatic rings. The topological polar surface area (TPSA) is 78.4 Å². The second-order valence-corrected chi connectivity index (χ2v) is 6.24. The standard InChI is InChI=1S/C14H26N2O3/c1-14(2,7-6-12(17)18)8-9-15-13(19)16-10-11-4-3-5-11/h11H,3-10H2,1-2H3,(H,17,18)(H2,15,16,19). The summed E-state index contributed by atoms with van der Waals surface area (Å²) in [6.45, 7) is 5.42. The van der Waals surface area contributed by atoms with Crippen LogP contribution >= 0.6 is 0 Å². The van der Waals surface area contributed by atoms with Crippen LogP contribution in [-0.4, -0.2) is 30.2 Å². The van der Waals surface area contributed by atoms with Gasteiger partial charge in [-0.2, -0.15) is 0 Å². The molecule has 0 aliphatic heterocycles. The average Bonchev–Trinajstić information content (AvgIpc) is 2.24. The fourth-order valence-electron chi connectivity index (χ4n) is 2.08. The largest absolute Gasteiger partial charge is 0.481 e. The minimum absolute atomic E-state index is 0.0559. The Morgan fingerprint density at radius 3 is 2.42 bits per heavy atom.